The van der Waals surface area contributed by atoms with Crippen molar-refractivity contribution in [1.82, 2.24) is 4.90 Å². The van der Waals surface area contributed by atoms with E-state index in [1.165, 1.54) is 4.90 Å². The zero-order valence-corrected chi connectivity index (χ0v) is 8.64. The van der Waals surface area contributed by atoms with E-state index in [1.807, 2.05) is 0 Å². The van der Waals surface area contributed by atoms with Crippen molar-refractivity contribution in [3.05, 3.63) is 35.1 Å². The number of amides is 1. The van der Waals surface area contributed by atoms with Gasteiger partial charge in [-0.3, -0.25) is 4.79 Å². The van der Waals surface area contributed by atoms with Gasteiger partial charge in [-0.05, 0) is 25.0 Å². The molecule has 1 aromatic rings. The minimum absolute atomic E-state index is 0.142. The summed E-state index contributed by atoms with van der Waals surface area (Å²) >= 11 is 0. The summed E-state index contributed by atoms with van der Waals surface area (Å²) in [6, 6.07) is 1.59. The van der Waals surface area contributed by atoms with Gasteiger partial charge in [0, 0.05) is 18.7 Å². The highest BCUT2D eigenvalue weighted by Crippen LogP contribution is 2.27. The third-order valence-corrected chi connectivity index (χ3v) is 2.65. The Morgan fingerprint density at radius 3 is 2.19 bits per heavy atom. The Balaban J connectivity index is 2.29. The second-order valence-corrected chi connectivity index (χ2v) is 3.90. The highest BCUT2D eigenvalue weighted by molar-refractivity contribution is 5.94. The highest BCUT2D eigenvalue weighted by Gasteiger charge is 2.30. The molecule has 1 saturated carbocycles. The van der Waals surface area contributed by atoms with Gasteiger partial charge in [0.15, 0.2) is 17.5 Å². The summed E-state index contributed by atoms with van der Waals surface area (Å²) in [5.74, 6) is -4.72. The Kier molecular flexibility index (Phi) is 2.61. The van der Waals surface area contributed by atoms with E-state index in [4.69, 9.17) is 0 Å². The van der Waals surface area contributed by atoms with Crippen molar-refractivity contribution in [3.63, 3.8) is 0 Å². The molecule has 0 N–H and O–H groups in total. The minimum atomic E-state index is -1.55. The number of nitrogens with zero attached hydrogens (tertiary/aromatic N) is 1. The maximum Gasteiger partial charge on any atom is 0.254 e. The van der Waals surface area contributed by atoms with Crippen LogP contribution in [0.25, 0.3) is 0 Å². The second-order valence-electron chi connectivity index (χ2n) is 3.90. The van der Waals surface area contributed by atoms with E-state index < -0.39 is 23.4 Å². The van der Waals surface area contributed by atoms with E-state index in [2.05, 4.69) is 0 Å². The molecule has 1 fully saturated rings. The number of halogens is 3. The van der Waals surface area contributed by atoms with Crippen LogP contribution in [0.5, 0.6) is 0 Å². The molecule has 1 amide bonds. The maximum absolute atomic E-state index is 12.9. The van der Waals surface area contributed by atoms with Gasteiger partial charge >= 0.3 is 0 Å². The lowest BCUT2D eigenvalue weighted by molar-refractivity contribution is 0.0784. The van der Waals surface area contributed by atoms with Crippen LogP contribution in [-0.4, -0.2) is 23.9 Å². The summed E-state index contributed by atoms with van der Waals surface area (Å²) in [5, 5.41) is 0. The van der Waals surface area contributed by atoms with Gasteiger partial charge in [0.25, 0.3) is 5.91 Å². The molecule has 86 valence electrons. The SMILES string of the molecule is CN(C(=O)c1cc(F)c(F)c(F)c1)C1CC1. The fraction of sp³-hybridized carbons (Fsp3) is 0.364. The van der Waals surface area contributed by atoms with Gasteiger partial charge in [0.2, 0.25) is 0 Å². The summed E-state index contributed by atoms with van der Waals surface area (Å²) in [6.45, 7) is 0. The zero-order valence-electron chi connectivity index (χ0n) is 8.64. The van der Waals surface area contributed by atoms with Crippen LogP contribution in [0.2, 0.25) is 0 Å². The van der Waals surface area contributed by atoms with Crippen LogP contribution in [0.4, 0.5) is 13.2 Å². The fourth-order valence-corrected chi connectivity index (χ4v) is 1.51. The molecule has 0 saturated heterocycles. The molecule has 0 atom stereocenters. The Morgan fingerprint density at radius 2 is 1.75 bits per heavy atom. The van der Waals surface area contributed by atoms with Crippen molar-refractivity contribution < 1.29 is 18.0 Å². The van der Waals surface area contributed by atoms with E-state index in [9.17, 15) is 18.0 Å². The van der Waals surface area contributed by atoms with Crippen LogP contribution in [-0.2, 0) is 0 Å². The lowest BCUT2D eigenvalue weighted by atomic mass is 10.2. The maximum atomic E-state index is 12.9. The van der Waals surface area contributed by atoms with E-state index in [-0.39, 0.29) is 11.6 Å². The molecular formula is C11H10F3NO. The van der Waals surface area contributed by atoms with Crippen molar-refractivity contribution in [3.8, 4) is 0 Å². The predicted molar refractivity (Wildman–Crippen MR) is 51.4 cm³/mol. The number of benzene rings is 1. The molecule has 0 unspecified atom stereocenters. The van der Waals surface area contributed by atoms with E-state index >= 15 is 0 Å². The average Bonchev–Trinajstić information content (AvgIpc) is 3.06. The third-order valence-electron chi connectivity index (χ3n) is 2.65. The molecule has 1 aromatic carbocycles. The quantitative estimate of drug-likeness (QED) is 0.713. The molecular weight excluding hydrogens is 219 g/mol. The molecule has 0 radical (unpaired) electrons. The van der Waals surface area contributed by atoms with Crippen molar-refractivity contribution in [2.75, 3.05) is 7.05 Å². The first-order valence-corrected chi connectivity index (χ1v) is 4.92. The molecule has 0 aromatic heterocycles. The number of carbonyl (C=O) groups is 1. The number of rotatable bonds is 2. The van der Waals surface area contributed by atoms with Crippen LogP contribution in [0, 0.1) is 17.5 Å². The normalized spacial score (nSPS) is 15.0. The summed E-state index contributed by atoms with van der Waals surface area (Å²) in [7, 11) is 1.57. The van der Waals surface area contributed by atoms with E-state index in [0.29, 0.717) is 0 Å². The minimum Gasteiger partial charge on any atom is -0.339 e. The lowest BCUT2D eigenvalue weighted by Gasteiger charge is -2.16. The first-order valence-electron chi connectivity index (χ1n) is 4.92. The summed E-state index contributed by atoms with van der Waals surface area (Å²) in [5.41, 5.74) is -0.161. The molecule has 0 aliphatic heterocycles. The van der Waals surface area contributed by atoms with Gasteiger partial charge in [-0.2, -0.15) is 0 Å². The van der Waals surface area contributed by atoms with Gasteiger partial charge in [0.1, 0.15) is 0 Å². The molecule has 16 heavy (non-hydrogen) atoms. The Morgan fingerprint density at radius 1 is 1.25 bits per heavy atom. The number of carbonyl (C=O) groups excluding carboxylic acids is 1. The molecule has 5 heteroatoms. The molecule has 0 bridgehead atoms. The number of hydrogen-bond acceptors (Lipinski definition) is 1. The highest BCUT2D eigenvalue weighted by atomic mass is 19.2. The first kappa shape index (κ1) is 11.0. The standard InChI is InChI=1S/C11H10F3NO/c1-15(7-2-3-7)11(16)6-4-8(12)10(14)9(13)5-6/h4-5,7H,2-3H2,1H3. The van der Waals surface area contributed by atoms with Crippen molar-refractivity contribution in [2.45, 2.75) is 18.9 Å². The van der Waals surface area contributed by atoms with Gasteiger partial charge in [-0.1, -0.05) is 0 Å². The molecule has 1 aliphatic rings. The van der Waals surface area contributed by atoms with Crippen LogP contribution < -0.4 is 0 Å². The lowest BCUT2D eigenvalue weighted by Crippen LogP contribution is -2.29. The molecule has 1 aliphatic carbocycles. The summed E-state index contributed by atoms with van der Waals surface area (Å²) in [6.07, 6.45) is 1.79. The first-order chi connectivity index (χ1) is 7.50. The van der Waals surface area contributed by atoms with Gasteiger partial charge in [0.05, 0.1) is 0 Å². The smallest absolute Gasteiger partial charge is 0.254 e. The number of hydrogen-bond donors (Lipinski definition) is 0. The molecule has 2 rings (SSSR count). The summed E-state index contributed by atoms with van der Waals surface area (Å²) < 4.78 is 38.5. The van der Waals surface area contributed by atoms with Crippen LogP contribution in [0.15, 0.2) is 12.1 Å². The van der Waals surface area contributed by atoms with Crippen molar-refractivity contribution in [2.24, 2.45) is 0 Å². The average molecular weight is 229 g/mol. The van der Waals surface area contributed by atoms with Gasteiger partial charge in [-0.25, -0.2) is 13.2 Å². The zero-order chi connectivity index (χ0) is 11.9. The Labute approximate surface area is 90.7 Å². The third kappa shape index (κ3) is 1.89. The van der Waals surface area contributed by atoms with E-state index in [0.717, 1.165) is 25.0 Å². The van der Waals surface area contributed by atoms with Crippen molar-refractivity contribution >= 4 is 5.91 Å². The largest absolute Gasteiger partial charge is 0.339 e. The summed E-state index contributed by atoms with van der Waals surface area (Å²) in [4.78, 5) is 13.1. The van der Waals surface area contributed by atoms with Gasteiger partial charge in [-0.15, -0.1) is 0 Å². The van der Waals surface area contributed by atoms with Crippen LogP contribution >= 0.6 is 0 Å². The topological polar surface area (TPSA) is 20.3 Å². The predicted octanol–water partition coefficient (Wildman–Crippen LogP) is 2.34. The van der Waals surface area contributed by atoms with Gasteiger partial charge < -0.3 is 4.90 Å². The second kappa shape index (κ2) is 3.81. The fourth-order valence-electron chi connectivity index (χ4n) is 1.51. The van der Waals surface area contributed by atoms with Crippen LogP contribution in [0.3, 0.4) is 0 Å². The van der Waals surface area contributed by atoms with Crippen LogP contribution in [0.1, 0.15) is 23.2 Å². The molecule has 2 nitrogen and oxygen atoms in total. The van der Waals surface area contributed by atoms with Crippen molar-refractivity contribution in [1.29, 1.82) is 0 Å². The Bertz CT molecular complexity index is 420. The Hall–Kier alpha value is -1.52. The monoisotopic (exact) mass is 229 g/mol. The molecule has 0 heterocycles. The van der Waals surface area contributed by atoms with E-state index in [1.54, 1.807) is 7.05 Å². The molecule has 0 spiro atoms.